The summed E-state index contributed by atoms with van der Waals surface area (Å²) >= 11 is 0. The lowest BCUT2D eigenvalue weighted by atomic mass is 10.1. The number of rotatable bonds is 4. The molecule has 2 aromatic rings. The Morgan fingerprint density at radius 3 is 2.58 bits per heavy atom. The number of guanidine groups is 1. The molecule has 4 N–H and O–H groups in total. The van der Waals surface area contributed by atoms with E-state index in [0.717, 1.165) is 11.3 Å². The van der Waals surface area contributed by atoms with E-state index in [1.54, 1.807) is 24.3 Å². The Morgan fingerprint density at radius 1 is 1.12 bits per heavy atom. The van der Waals surface area contributed by atoms with Gasteiger partial charge in [-0.1, -0.05) is 18.1 Å². The molecule has 0 saturated heterocycles. The number of aliphatic imine (C=N–C) groups is 1. The molecule has 24 heavy (non-hydrogen) atoms. The van der Waals surface area contributed by atoms with Crippen LogP contribution in [0.5, 0.6) is 0 Å². The molecule has 0 aliphatic heterocycles. The minimum Gasteiger partial charge on any atom is -0.370 e. The lowest BCUT2D eigenvalue weighted by Crippen LogP contribution is -2.25. The zero-order valence-corrected chi connectivity index (χ0v) is 13.8. The number of nitrogens with two attached hydrogens (primary N) is 1. The second-order valence-corrected chi connectivity index (χ2v) is 5.40. The molecule has 0 spiro atoms. The van der Waals surface area contributed by atoms with Crippen molar-refractivity contribution in [3.63, 3.8) is 0 Å². The summed E-state index contributed by atoms with van der Waals surface area (Å²) < 4.78 is 0. The van der Waals surface area contributed by atoms with Crippen LogP contribution in [0.2, 0.25) is 0 Å². The maximum Gasteiger partial charge on any atom is 0.246 e. The highest BCUT2D eigenvalue weighted by Crippen LogP contribution is 2.13. The molecule has 5 heteroatoms. The largest absolute Gasteiger partial charge is 0.370 e. The molecule has 0 fully saturated rings. The highest BCUT2D eigenvalue weighted by Gasteiger charge is 2.03. The van der Waals surface area contributed by atoms with Crippen LogP contribution in [-0.4, -0.2) is 18.4 Å². The third-order valence-electron chi connectivity index (χ3n) is 3.49. The van der Waals surface area contributed by atoms with Crippen molar-refractivity contribution in [2.75, 3.05) is 17.2 Å². The maximum absolute atomic E-state index is 11.9. The summed E-state index contributed by atoms with van der Waals surface area (Å²) in [6, 6.07) is 12.9. The predicted molar refractivity (Wildman–Crippen MR) is 99.0 cm³/mol. The van der Waals surface area contributed by atoms with Crippen LogP contribution >= 0.6 is 0 Å². The van der Waals surface area contributed by atoms with E-state index in [1.807, 2.05) is 32.0 Å². The first kappa shape index (κ1) is 17.1. The number of hydrogen-bond donors (Lipinski definition) is 3. The Hall–Kier alpha value is -3.26. The van der Waals surface area contributed by atoms with Crippen molar-refractivity contribution in [2.45, 2.75) is 13.8 Å². The molecule has 0 radical (unpaired) electrons. The van der Waals surface area contributed by atoms with Gasteiger partial charge in [0.15, 0.2) is 5.96 Å². The van der Waals surface area contributed by atoms with Crippen LogP contribution in [-0.2, 0) is 4.79 Å². The van der Waals surface area contributed by atoms with Gasteiger partial charge in [0.2, 0.25) is 5.91 Å². The number of amides is 1. The van der Waals surface area contributed by atoms with Crippen LogP contribution in [0.1, 0.15) is 16.7 Å². The van der Waals surface area contributed by atoms with Gasteiger partial charge in [0.1, 0.15) is 6.54 Å². The molecule has 122 valence electrons. The van der Waals surface area contributed by atoms with Gasteiger partial charge < -0.3 is 16.4 Å². The molecule has 0 aliphatic rings. The number of anilines is 2. The topological polar surface area (TPSA) is 79.5 Å². The van der Waals surface area contributed by atoms with E-state index in [4.69, 9.17) is 12.2 Å². The standard InChI is InChI=1S/C19H20N4O/c1-4-15-6-5-7-16(11-15)22-18(24)12-21-19(20)23-17-9-8-13(2)14(3)10-17/h1,5-11H,12H2,2-3H3,(H,22,24)(H3,20,21,23). The number of nitrogens with one attached hydrogen (secondary N) is 2. The van der Waals surface area contributed by atoms with Crippen LogP contribution in [0.3, 0.4) is 0 Å². The van der Waals surface area contributed by atoms with Crippen LogP contribution < -0.4 is 16.4 Å². The molecule has 0 atom stereocenters. The molecule has 2 aromatic carbocycles. The number of nitrogens with zero attached hydrogens (tertiary/aromatic N) is 1. The number of carbonyl (C=O) groups excluding carboxylic acids is 1. The van der Waals surface area contributed by atoms with Gasteiger partial charge in [-0.2, -0.15) is 0 Å². The monoisotopic (exact) mass is 320 g/mol. The van der Waals surface area contributed by atoms with Crippen LogP contribution in [0.15, 0.2) is 47.5 Å². The number of carbonyl (C=O) groups is 1. The van der Waals surface area contributed by atoms with E-state index in [9.17, 15) is 4.79 Å². The summed E-state index contributed by atoms with van der Waals surface area (Å²) in [5, 5.41) is 5.70. The fraction of sp³-hybridized carbons (Fsp3) is 0.158. The molecule has 0 saturated carbocycles. The molecule has 0 bridgehead atoms. The van der Waals surface area contributed by atoms with Gasteiger partial charge >= 0.3 is 0 Å². The zero-order valence-electron chi connectivity index (χ0n) is 13.8. The third-order valence-corrected chi connectivity index (χ3v) is 3.49. The molecule has 2 rings (SSSR count). The molecule has 0 unspecified atom stereocenters. The van der Waals surface area contributed by atoms with E-state index in [0.29, 0.717) is 11.3 Å². The van der Waals surface area contributed by atoms with Crippen molar-refractivity contribution in [3.05, 3.63) is 59.2 Å². The van der Waals surface area contributed by atoms with Gasteiger partial charge in [-0.15, -0.1) is 6.42 Å². The highest BCUT2D eigenvalue weighted by atomic mass is 16.1. The number of terminal acetylenes is 1. The molecule has 0 aliphatic carbocycles. The first-order valence-corrected chi connectivity index (χ1v) is 7.48. The second kappa shape index (κ2) is 7.84. The maximum atomic E-state index is 11.9. The minimum absolute atomic E-state index is 0.0794. The summed E-state index contributed by atoms with van der Waals surface area (Å²) in [7, 11) is 0. The molecule has 5 nitrogen and oxygen atoms in total. The van der Waals surface area contributed by atoms with Gasteiger partial charge in [0.25, 0.3) is 0 Å². The van der Waals surface area contributed by atoms with E-state index in [2.05, 4.69) is 21.5 Å². The summed E-state index contributed by atoms with van der Waals surface area (Å²) in [5.74, 6) is 2.43. The van der Waals surface area contributed by atoms with Crippen molar-refractivity contribution >= 4 is 23.2 Å². The average Bonchev–Trinajstić information content (AvgIpc) is 2.56. The Labute approximate surface area is 142 Å². The van der Waals surface area contributed by atoms with Gasteiger partial charge in [-0.3, -0.25) is 4.79 Å². The van der Waals surface area contributed by atoms with Crippen LogP contribution in [0.25, 0.3) is 0 Å². The van der Waals surface area contributed by atoms with Crippen LogP contribution in [0.4, 0.5) is 11.4 Å². The van der Waals surface area contributed by atoms with Crippen molar-refractivity contribution in [3.8, 4) is 12.3 Å². The number of aryl methyl sites for hydroxylation is 2. The molecular formula is C19H20N4O. The van der Waals surface area contributed by atoms with E-state index in [-0.39, 0.29) is 18.4 Å². The predicted octanol–water partition coefficient (Wildman–Crippen LogP) is 2.65. The fourth-order valence-corrected chi connectivity index (χ4v) is 2.05. The van der Waals surface area contributed by atoms with Crippen molar-refractivity contribution in [1.82, 2.24) is 0 Å². The second-order valence-electron chi connectivity index (χ2n) is 5.40. The van der Waals surface area contributed by atoms with Gasteiger partial charge in [-0.25, -0.2) is 4.99 Å². The fourth-order valence-electron chi connectivity index (χ4n) is 2.05. The smallest absolute Gasteiger partial charge is 0.246 e. The quantitative estimate of drug-likeness (QED) is 0.460. The molecular weight excluding hydrogens is 300 g/mol. The molecule has 0 heterocycles. The summed E-state index contributed by atoms with van der Waals surface area (Å²) in [6.45, 7) is 3.98. The number of benzene rings is 2. The first-order chi connectivity index (χ1) is 11.5. The van der Waals surface area contributed by atoms with Crippen molar-refractivity contribution in [1.29, 1.82) is 0 Å². The highest BCUT2D eigenvalue weighted by molar-refractivity contribution is 5.97. The summed E-state index contributed by atoms with van der Waals surface area (Å²) in [6.07, 6.45) is 5.33. The first-order valence-electron chi connectivity index (χ1n) is 7.48. The van der Waals surface area contributed by atoms with E-state index in [1.165, 1.54) is 5.56 Å². The van der Waals surface area contributed by atoms with Crippen molar-refractivity contribution < 1.29 is 4.79 Å². The lowest BCUT2D eigenvalue weighted by Gasteiger charge is -2.08. The third kappa shape index (κ3) is 4.89. The normalized spacial score (nSPS) is 10.8. The molecule has 1 amide bonds. The number of hydrogen-bond acceptors (Lipinski definition) is 2. The molecule has 0 aromatic heterocycles. The van der Waals surface area contributed by atoms with Gasteiger partial charge in [0.05, 0.1) is 0 Å². The van der Waals surface area contributed by atoms with Gasteiger partial charge in [-0.05, 0) is 55.3 Å². The summed E-state index contributed by atoms with van der Waals surface area (Å²) in [4.78, 5) is 16.0. The Bertz CT molecular complexity index is 818. The average molecular weight is 320 g/mol. The SMILES string of the molecule is C#Cc1cccc(NC(=O)CN=C(N)Nc2ccc(C)c(C)c2)c1. The van der Waals surface area contributed by atoms with E-state index < -0.39 is 0 Å². The minimum atomic E-state index is -0.269. The van der Waals surface area contributed by atoms with Gasteiger partial charge in [0, 0.05) is 16.9 Å². The Morgan fingerprint density at radius 2 is 1.88 bits per heavy atom. The zero-order chi connectivity index (χ0) is 17.5. The van der Waals surface area contributed by atoms with Crippen molar-refractivity contribution in [2.24, 2.45) is 10.7 Å². The summed E-state index contributed by atoms with van der Waals surface area (Å²) in [5.41, 5.74) is 10.3. The lowest BCUT2D eigenvalue weighted by molar-refractivity contribution is -0.114. The Balaban J connectivity index is 1.92. The van der Waals surface area contributed by atoms with E-state index >= 15 is 0 Å². The Kier molecular flexibility index (Phi) is 5.58. The van der Waals surface area contributed by atoms with Crippen LogP contribution in [0, 0.1) is 26.2 Å².